The van der Waals surface area contributed by atoms with Crippen molar-refractivity contribution in [1.29, 1.82) is 0 Å². The summed E-state index contributed by atoms with van der Waals surface area (Å²) < 4.78 is 0.595. The van der Waals surface area contributed by atoms with Gasteiger partial charge in [0.2, 0.25) is 11.9 Å². The van der Waals surface area contributed by atoms with E-state index >= 15 is 0 Å². The second-order valence-corrected chi connectivity index (χ2v) is 4.59. The minimum absolute atomic E-state index is 0.0682. The number of hydrogen-bond acceptors (Lipinski definition) is 3. The van der Waals surface area contributed by atoms with Crippen molar-refractivity contribution >= 4 is 39.4 Å². The first-order valence-corrected chi connectivity index (χ1v) is 5.73. The summed E-state index contributed by atoms with van der Waals surface area (Å²) in [6.45, 7) is 0.452. The lowest BCUT2D eigenvalue weighted by Gasteiger charge is -2.13. The van der Waals surface area contributed by atoms with E-state index in [1.165, 1.54) is 11.1 Å². The molecule has 16 heavy (non-hydrogen) atoms. The molecule has 6 heteroatoms. The number of hydrogen-bond donors (Lipinski definition) is 0. The number of carbonyl (C=O) groups is 1. The van der Waals surface area contributed by atoms with Crippen molar-refractivity contribution in [2.24, 2.45) is 5.92 Å². The fourth-order valence-electron chi connectivity index (χ4n) is 1.48. The number of nitrogens with zero attached hydrogens (tertiary/aromatic N) is 3. The molecule has 1 aliphatic rings. The highest BCUT2D eigenvalue weighted by molar-refractivity contribution is 9.10. The fourth-order valence-corrected chi connectivity index (χ4v) is 1.80. The van der Waals surface area contributed by atoms with Gasteiger partial charge in [-0.05, 0) is 15.9 Å². The van der Waals surface area contributed by atoms with Gasteiger partial charge in [0.15, 0.2) is 0 Å². The van der Waals surface area contributed by atoms with Crippen LogP contribution in [0.4, 0.5) is 5.95 Å². The molecule has 2 heterocycles. The third-order valence-electron chi connectivity index (χ3n) is 2.29. The van der Waals surface area contributed by atoms with Crippen LogP contribution in [0, 0.1) is 18.3 Å². The predicted octanol–water partition coefficient (Wildman–Crippen LogP) is 1.88. The summed E-state index contributed by atoms with van der Waals surface area (Å²) in [7, 11) is 0. The summed E-state index contributed by atoms with van der Waals surface area (Å²) in [5, 5.41) is 0.280. The van der Waals surface area contributed by atoms with Crippen LogP contribution in [0.15, 0.2) is 10.7 Å². The van der Waals surface area contributed by atoms with E-state index in [1.807, 2.05) is 0 Å². The zero-order valence-electron chi connectivity index (χ0n) is 8.15. The Morgan fingerprint density at radius 2 is 2.44 bits per heavy atom. The largest absolute Gasteiger partial charge is 0.279 e. The Morgan fingerprint density at radius 1 is 1.69 bits per heavy atom. The summed E-state index contributed by atoms with van der Waals surface area (Å²) in [5.74, 6) is 2.72. The van der Waals surface area contributed by atoms with Crippen LogP contribution < -0.4 is 4.90 Å². The van der Waals surface area contributed by atoms with E-state index in [0.29, 0.717) is 23.4 Å². The van der Waals surface area contributed by atoms with E-state index in [2.05, 4.69) is 31.8 Å². The highest BCUT2D eigenvalue weighted by atomic mass is 79.9. The molecule has 0 saturated carbocycles. The van der Waals surface area contributed by atoms with Crippen LogP contribution in [-0.2, 0) is 4.79 Å². The smallest absolute Gasteiger partial charge is 0.233 e. The van der Waals surface area contributed by atoms with Gasteiger partial charge in [-0.2, -0.15) is 4.98 Å². The molecule has 1 amide bonds. The third kappa shape index (κ3) is 2.04. The molecule has 1 fully saturated rings. The summed E-state index contributed by atoms with van der Waals surface area (Å²) in [6.07, 6.45) is 7.14. The Hall–Kier alpha value is -1.12. The molecule has 0 spiro atoms. The summed E-state index contributed by atoms with van der Waals surface area (Å²) in [5.41, 5.74) is 0. The Morgan fingerprint density at radius 3 is 3.00 bits per heavy atom. The minimum Gasteiger partial charge on any atom is -0.279 e. The van der Waals surface area contributed by atoms with Crippen molar-refractivity contribution in [1.82, 2.24) is 9.97 Å². The van der Waals surface area contributed by atoms with Gasteiger partial charge in [0, 0.05) is 25.1 Å². The standard InChI is InChI=1S/C10H7BrClN3O/c1-2-6-3-8(16)15(5-6)10-13-4-7(11)9(12)14-10/h1,4,6H,3,5H2. The van der Waals surface area contributed by atoms with Gasteiger partial charge in [0.25, 0.3) is 0 Å². The fraction of sp³-hybridized carbons (Fsp3) is 0.300. The number of anilines is 1. The van der Waals surface area contributed by atoms with E-state index < -0.39 is 0 Å². The quantitative estimate of drug-likeness (QED) is 0.587. The summed E-state index contributed by atoms with van der Waals surface area (Å²) in [6, 6.07) is 0. The maximum absolute atomic E-state index is 11.6. The highest BCUT2D eigenvalue weighted by Crippen LogP contribution is 2.25. The van der Waals surface area contributed by atoms with Gasteiger partial charge in [-0.3, -0.25) is 9.69 Å². The molecule has 1 unspecified atom stereocenters. The summed E-state index contributed by atoms with van der Waals surface area (Å²) >= 11 is 9.02. The van der Waals surface area contributed by atoms with Crippen LogP contribution in [0.1, 0.15) is 6.42 Å². The average Bonchev–Trinajstić information content (AvgIpc) is 2.64. The third-order valence-corrected chi connectivity index (χ3v) is 3.39. The van der Waals surface area contributed by atoms with Crippen LogP contribution in [0.2, 0.25) is 5.15 Å². The number of halogens is 2. The first kappa shape index (κ1) is 11.4. The Kier molecular flexibility index (Phi) is 3.13. The number of terminal acetylenes is 1. The van der Waals surface area contributed by atoms with E-state index in [4.69, 9.17) is 18.0 Å². The molecule has 82 valence electrons. The molecule has 1 aromatic rings. The van der Waals surface area contributed by atoms with Gasteiger partial charge in [0.05, 0.1) is 4.47 Å². The maximum atomic E-state index is 11.6. The van der Waals surface area contributed by atoms with Crippen molar-refractivity contribution in [2.45, 2.75) is 6.42 Å². The molecule has 0 N–H and O–H groups in total. The van der Waals surface area contributed by atoms with Crippen LogP contribution in [0.5, 0.6) is 0 Å². The molecule has 0 aliphatic carbocycles. The average molecular weight is 301 g/mol. The van der Waals surface area contributed by atoms with Crippen LogP contribution in [0.3, 0.4) is 0 Å². The van der Waals surface area contributed by atoms with Crippen molar-refractivity contribution in [3.05, 3.63) is 15.8 Å². The molecule has 4 nitrogen and oxygen atoms in total. The van der Waals surface area contributed by atoms with Gasteiger partial charge in [-0.15, -0.1) is 12.3 Å². The number of rotatable bonds is 1. The van der Waals surface area contributed by atoms with E-state index in [-0.39, 0.29) is 17.0 Å². The topological polar surface area (TPSA) is 46.1 Å². The van der Waals surface area contributed by atoms with E-state index in [0.717, 1.165) is 0 Å². The number of amides is 1. The lowest BCUT2D eigenvalue weighted by molar-refractivity contribution is -0.117. The molecule has 2 rings (SSSR count). The molecule has 1 aromatic heterocycles. The van der Waals surface area contributed by atoms with Gasteiger partial charge in [-0.25, -0.2) is 4.98 Å². The molecule has 1 aliphatic heterocycles. The van der Waals surface area contributed by atoms with Crippen LogP contribution >= 0.6 is 27.5 Å². The maximum Gasteiger partial charge on any atom is 0.233 e. The molecule has 0 bridgehead atoms. The molecular formula is C10H7BrClN3O. The first-order chi connectivity index (χ1) is 7.61. The second-order valence-electron chi connectivity index (χ2n) is 3.38. The predicted molar refractivity (Wildman–Crippen MR) is 64.0 cm³/mol. The molecule has 1 atom stereocenters. The lowest BCUT2D eigenvalue weighted by Crippen LogP contribution is -2.26. The van der Waals surface area contributed by atoms with Crippen molar-refractivity contribution in [3.63, 3.8) is 0 Å². The lowest BCUT2D eigenvalue weighted by atomic mass is 10.1. The first-order valence-electron chi connectivity index (χ1n) is 4.56. The van der Waals surface area contributed by atoms with Crippen LogP contribution in [-0.4, -0.2) is 22.4 Å². The molecule has 0 radical (unpaired) electrons. The molecule has 1 saturated heterocycles. The normalized spacial score (nSPS) is 19.9. The SMILES string of the molecule is C#CC1CC(=O)N(c2ncc(Br)c(Cl)n2)C1. The van der Waals surface area contributed by atoms with Gasteiger partial charge < -0.3 is 0 Å². The number of aromatic nitrogens is 2. The monoisotopic (exact) mass is 299 g/mol. The zero-order valence-corrected chi connectivity index (χ0v) is 10.5. The van der Waals surface area contributed by atoms with Gasteiger partial charge in [0.1, 0.15) is 5.15 Å². The Balaban J connectivity index is 2.29. The number of carbonyl (C=O) groups excluding carboxylic acids is 1. The highest BCUT2D eigenvalue weighted by Gasteiger charge is 2.31. The van der Waals surface area contributed by atoms with Crippen molar-refractivity contribution < 1.29 is 4.79 Å². The minimum atomic E-state index is -0.0708. The Bertz CT molecular complexity index is 485. The van der Waals surface area contributed by atoms with Crippen molar-refractivity contribution in [2.75, 3.05) is 11.4 Å². The Labute approximate surface area is 106 Å². The van der Waals surface area contributed by atoms with Gasteiger partial charge in [-0.1, -0.05) is 11.6 Å². The van der Waals surface area contributed by atoms with E-state index in [1.54, 1.807) is 0 Å². The van der Waals surface area contributed by atoms with Gasteiger partial charge >= 0.3 is 0 Å². The molecule has 0 aromatic carbocycles. The zero-order chi connectivity index (χ0) is 11.7. The molecular weight excluding hydrogens is 293 g/mol. The van der Waals surface area contributed by atoms with Crippen LogP contribution in [0.25, 0.3) is 0 Å². The van der Waals surface area contributed by atoms with E-state index in [9.17, 15) is 4.79 Å². The summed E-state index contributed by atoms with van der Waals surface area (Å²) in [4.78, 5) is 21.1. The second kappa shape index (κ2) is 4.40. The van der Waals surface area contributed by atoms with Crippen molar-refractivity contribution in [3.8, 4) is 12.3 Å².